The van der Waals surface area contributed by atoms with Crippen molar-refractivity contribution in [1.82, 2.24) is 0 Å². The maximum absolute atomic E-state index is 15.2. The van der Waals surface area contributed by atoms with Gasteiger partial charge in [-0.15, -0.1) is 0 Å². The van der Waals surface area contributed by atoms with E-state index in [-0.39, 0.29) is 17.6 Å². The van der Waals surface area contributed by atoms with Crippen LogP contribution in [0.5, 0.6) is 0 Å². The molecule has 220 valence electrons. The van der Waals surface area contributed by atoms with Gasteiger partial charge in [0, 0.05) is 0 Å². The Morgan fingerprint density at radius 1 is 0.675 bits per heavy atom. The molecule has 4 fully saturated rings. The minimum Gasteiger partial charge on any atom is -0.446 e. The van der Waals surface area contributed by atoms with Gasteiger partial charge in [0.15, 0.2) is 0 Å². The smallest absolute Gasteiger partial charge is 0.404 e. The van der Waals surface area contributed by atoms with E-state index in [1.165, 1.54) is 12.8 Å². The molecule has 7 nitrogen and oxygen atoms in total. The molecule has 0 aromatic carbocycles. The van der Waals surface area contributed by atoms with Gasteiger partial charge >= 0.3 is 12.2 Å². The van der Waals surface area contributed by atoms with E-state index in [4.69, 9.17) is 20.9 Å². The standard InChI is InChI=1S/C33H48N2O5/c1-17-11-21(17)7-9-27(39-32(34)37)29(25-15-19-3-5-23(25)13-19)31(36)30(26-16-20-4-6-24(26)14-20)28(40-33(35)38)10-8-22-12-18(22)2/h3-6,17-30H,7-16H2,1-2H3,(H2,34,37)(H2,35,38). The number of nitrogens with two attached hydrogens (primary N) is 2. The van der Waals surface area contributed by atoms with Crippen LogP contribution in [0.15, 0.2) is 24.3 Å². The minimum absolute atomic E-state index is 0.109. The summed E-state index contributed by atoms with van der Waals surface area (Å²) >= 11 is 0. The first-order valence-corrected chi connectivity index (χ1v) is 16.0. The van der Waals surface area contributed by atoms with Crippen LogP contribution in [0.2, 0.25) is 0 Å². The van der Waals surface area contributed by atoms with Crippen LogP contribution in [0, 0.1) is 71.0 Å². The quantitative estimate of drug-likeness (QED) is 0.256. The molecule has 14 atom stereocenters. The lowest BCUT2D eigenvalue weighted by Crippen LogP contribution is -2.49. The molecule has 14 unspecified atom stereocenters. The van der Waals surface area contributed by atoms with Crippen LogP contribution in [-0.4, -0.2) is 30.2 Å². The van der Waals surface area contributed by atoms with Crippen molar-refractivity contribution in [2.45, 2.75) is 90.3 Å². The Labute approximate surface area is 238 Å². The van der Waals surface area contributed by atoms with E-state index >= 15 is 4.79 Å². The number of carbonyl (C=O) groups is 3. The zero-order valence-electron chi connectivity index (χ0n) is 24.2. The van der Waals surface area contributed by atoms with Crippen LogP contribution in [-0.2, 0) is 14.3 Å². The Balaban J connectivity index is 1.33. The van der Waals surface area contributed by atoms with Crippen LogP contribution < -0.4 is 11.5 Å². The Kier molecular flexibility index (Phi) is 7.77. The number of primary amides is 2. The average Bonchev–Trinajstić information content (AvgIpc) is 3.43. The number of rotatable bonds is 14. The summed E-state index contributed by atoms with van der Waals surface area (Å²) in [7, 11) is 0. The molecule has 6 aliphatic carbocycles. The third-order valence-corrected chi connectivity index (χ3v) is 11.8. The van der Waals surface area contributed by atoms with Crippen LogP contribution in [0.25, 0.3) is 0 Å². The lowest BCUT2D eigenvalue weighted by atomic mass is 9.66. The number of fused-ring (bicyclic) bond motifs is 4. The zero-order chi connectivity index (χ0) is 28.1. The second-order valence-corrected chi connectivity index (χ2v) is 14.4. The summed E-state index contributed by atoms with van der Waals surface area (Å²) in [5, 5.41) is 0. The minimum atomic E-state index is -0.808. The number of hydrogen-bond donors (Lipinski definition) is 2. The molecule has 4 bridgehead atoms. The third-order valence-electron chi connectivity index (χ3n) is 11.8. The van der Waals surface area contributed by atoms with Crippen molar-refractivity contribution < 1.29 is 23.9 Å². The molecule has 0 aliphatic heterocycles. The summed E-state index contributed by atoms with van der Waals surface area (Å²) in [5.74, 6) is 3.59. The molecule has 0 saturated heterocycles. The van der Waals surface area contributed by atoms with E-state index in [1.807, 2.05) is 0 Å². The molecule has 6 aliphatic rings. The van der Waals surface area contributed by atoms with Gasteiger partial charge in [0.1, 0.15) is 18.0 Å². The number of allylic oxidation sites excluding steroid dienone is 4. The summed E-state index contributed by atoms with van der Waals surface area (Å²) in [6.07, 6.45) is 15.9. The highest BCUT2D eigenvalue weighted by Crippen LogP contribution is 2.54. The molecule has 0 spiro atoms. The van der Waals surface area contributed by atoms with Gasteiger partial charge in [-0.3, -0.25) is 4.79 Å². The van der Waals surface area contributed by atoms with E-state index in [2.05, 4.69) is 38.2 Å². The van der Waals surface area contributed by atoms with Crippen molar-refractivity contribution in [2.75, 3.05) is 0 Å². The molecule has 6 rings (SSSR count). The van der Waals surface area contributed by atoms with E-state index in [1.54, 1.807) is 0 Å². The van der Waals surface area contributed by atoms with Gasteiger partial charge in [0.25, 0.3) is 0 Å². The highest BCUT2D eigenvalue weighted by atomic mass is 16.6. The first-order valence-electron chi connectivity index (χ1n) is 16.0. The van der Waals surface area contributed by atoms with Gasteiger partial charge in [-0.05, 0) is 123 Å². The van der Waals surface area contributed by atoms with E-state index in [0.29, 0.717) is 60.2 Å². The van der Waals surface area contributed by atoms with Crippen LogP contribution in [0.1, 0.15) is 78.1 Å². The molecule has 2 amide bonds. The number of hydrogen-bond acceptors (Lipinski definition) is 5. The predicted molar refractivity (Wildman–Crippen MR) is 152 cm³/mol. The number of ether oxygens (including phenoxy) is 2. The van der Waals surface area contributed by atoms with Crippen molar-refractivity contribution in [3.05, 3.63) is 24.3 Å². The summed E-state index contributed by atoms with van der Waals surface area (Å²) in [4.78, 5) is 39.6. The van der Waals surface area contributed by atoms with Crippen LogP contribution >= 0.6 is 0 Å². The first kappa shape index (κ1) is 27.8. The fourth-order valence-electron chi connectivity index (χ4n) is 9.32. The van der Waals surface area contributed by atoms with Crippen molar-refractivity contribution in [3.8, 4) is 0 Å². The topological polar surface area (TPSA) is 122 Å². The first-order chi connectivity index (χ1) is 19.2. The molecular formula is C33H48N2O5. The molecule has 4 N–H and O–H groups in total. The second kappa shape index (κ2) is 11.2. The maximum atomic E-state index is 15.2. The number of ketones is 1. The lowest BCUT2D eigenvalue weighted by molar-refractivity contribution is -0.141. The van der Waals surface area contributed by atoms with Crippen molar-refractivity contribution in [3.63, 3.8) is 0 Å². The fraction of sp³-hybridized carbons (Fsp3) is 0.788. The van der Waals surface area contributed by atoms with Gasteiger partial charge < -0.3 is 20.9 Å². The highest BCUT2D eigenvalue weighted by molar-refractivity contribution is 5.86. The average molecular weight is 553 g/mol. The van der Waals surface area contributed by atoms with Gasteiger partial charge in [-0.1, -0.05) is 38.2 Å². The maximum Gasteiger partial charge on any atom is 0.404 e. The molecule has 0 aromatic heterocycles. The second-order valence-electron chi connectivity index (χ2n) is 14.4. The summed E-state index contributed by atoms with van der Waals surface area (Å²) < 4.78 is 11.7. The van der Waals surface area contributed by atoms with Crippen molar-refractivity contribution in [1.29, 1.82) is 0 Å². The molecule has 7 heteroatoms. The summed E-state index contributed by atoms with van der Waals surface area (Å²) in [6, 6.07) is 0. The Bertz CT molecular complexity index is 975. The van der Waals surface area contributed by atoms with Crippen molar-refractivity contribution in [2.24, 2.45) is 82.5 Å². The van der Waals surface area contributed by atoms with Gasteiger partial charge in [0.2, 0.25) is 0 Å². The van der Waals surface area contributed by atoms with Gasteiger partial charge in [0.05, 0.1) is 11.8 Å². The normalized spacial score (nSPS) is 41.0. The number of amides is 2. The van der Waals surface area contributed by atoms with Gasteiger partial charge in [-0.25, -0.2) is 9.59 Å². The number of Topliss-reactive ketones (excluding diaryl/α,β-unsaturated/α-hetero) is 1. The SMILES string of the molecule is CC1CC1CCC(OC(N)=O)C(C(=O)C(C(CCC1CC1C)OC(N)=O)C1CC2C=CC1C2)C1CC2C=CC1C2. The lowest BCUT2D eigenvalue weighted by Gasteiger charge is -2.40. The molecule has 40 heavy (non-hydrogen) atoms. The van der Waals surface area contributed by atoms with Gasteiger partial charge in [-0.2, -0.15) is 0 Å². The zero-order valence-corrected chi connectivity index (χ0v) is 24.2. The monoisotopic (exact) mass is 552 g/mol. The number of carbonyl (C=O) groups excluding carboxylic acids is 3. The molecule has 0 radical (unpaired) electrons. The Morgan fingerprint density at radius 2 is 1.07 bits per heavy atom. The third kappa shape index (κ3) is 5.85. The van der Waals surface area contributed by atoms with Crippen molar-refractivity contribution >= 4 is 18.0 Å². The largest absolute Gasteiger partial charge is 0.446 e. The summed E-state index contributed by atoms with van der Waals surface area (Å²) in [5.41, 5.74) is 11.3. The molecule has 0 heterocycles. The van der Waals surface area contributed by atoms with Crippen LogP contribution in [0.3, 0.4) is 0 Å². The van der Waals surface area contributed by atoms with E-state index in [0.717, 1.165) is 38.5 Å². The van der Waals surface area contributed by atoms with E-state index < -0.39 is 36.2 Å². The van der Waals surface area contributed by atoms with E-state index in [9.17, 15) is 9.59 Å². The molecule has 4 saturated carbocycles. The highest BCUT2D eigenvalue weighted by Gasteiger charge is 2.54. The van der Waals surface area contributed by atoms with Crippen LogP contribution in [0.4, 0.5) is 9.59 Å². The Hall–Kier alpha value is -2.31. The fourth-order valence-corrected chi connectivity index (χ4v) is 9.32. The molecule has 0 aromatic rings. The summed E-state index contributed by atoms with van der Waals surface area (Å²) in [6.45, 7) is 4.51. The predicted octanol–water partition coefficient (Wildman–Crippen LogP) is 6.01. The molecular weight excluding hydrogens is 504 g/mol. The Morgan fingerprint density at radius 3 is 1.35 bits per heavy atom.